The molecule has 1 nitrogen and oxygen atoms in total. The summed E-state index contributed by atoms with van der Waals surface area (Å²) in [4.78, 5) is 0. The van der Waals surface area contributed by atoms with Gasteiger partial charge in [0.25, 0.3) is 0 Å². The number of hydrogen-bond acceptors (Lipinski definition) is 1. The van der Waals surface area contributed by atoms with Crippen molar-refractivity contribution in [3.05, 3.63) is 42.0 Å². The van der Waals surface area contributed by atoms with E-state index >= 15 is 0 Å². The highest BCUT2D eigenvalue weighted by atomic mass is 127. The van der Waals surface area contributed by atoms with Crippen LogP contribution >= 0.6 is 45.7 Å². The molecule has 3 heteroatoms. The summed E-state index contributed by atoms with van der Waals surface area (Å²) in [5.41, 5.74) is 2.59. The Morgan fingerprint density at radius 1 is 0.929 bits per heavy atom. The van der Waals surface area contributed by atoms with Crippen LogP contribution in [0, 0.1) is 6.92 Å². The van der Waals surface area contributed by atoms with E-state index in [0.717, 1.165) is 0 Å². The average molecular weight is 409 g/mol. The SMILES string of the molecule is Cc1ccc(N(I)I)c2ccccc12. The Hall–Kier alpha value is -0.0400. The Labute approximate surface area is 111 Å². The maximum absolute atomic E-state index is 2.29. The summed E-state index contributed by atoms with van der Waals surface area (Å²) in [6.45, 7) is 2.15. The summed E-state index contributed by atoms with van der Waals surface area (Å²) < 4.78 is 2.09. The molecule has 2 rings (SSSR count). The first-order valence-corrected chi connectivity index (χ1v) is 6.23. The van der Waals surface area contributed by atoms with E-state index in [2.05, 4.69) is 90.4 Å². The van der Waals surface area contributed by atoms with Gasteiger partial charge in [-0.15, -0.1) is 0 Å². The largest absolute Gasteiger partial charge is 0.254 e. The van der Waals surface area contributed by atoms with Crippen molar-refractivity contribution in [2.75, 3.05) is 1.33 Å². The van der Waals surface area contributed by atoms with Gasteiger partial charge in [-0.2, -0.15) is 0 Å². The minimum Gasteiger partial charge on any atom is -0.254 e. The van der Waals surface area contributed by atoms with E-state index in [1.54, 1.807) is 0 Å². The van der Waals surface area contributed by atoms with Crippen LogP contribution in [0.2, 0.25) is 0 Å². The number of benzene rings is 2. The van der Waals surface area contributed by atoms with Crippen LogP contribution in [0.15, 0.2) is 36.4 Å². The zero-order chi connectivity index (χ0) is 10.1. The second-order valence-corrected chi connectivity index (χ2v) is 6.96. The van der Waals surface area contributed by atoms with Gasteiger partial charge < -0.3 is 0 Å². The van der Waals surface area contributed by atoms with Crippen LogP contribution in [0.4, 0.5) is 5.69 Å². The molecule has 0 amide bonds. The van der Waals surface area contributed by atoms with Crippen LogP contribution in [0.1, 0.15) is 5.56 Å². The predicted octanol–water partition coefficient (Wildman–Crippen LogP) is 4.65. The zero-order valence-corrected chi connectivity index (χ0v) is 12.0. The lowest BCUT2D eigenvalue weighted by Crippen LogP contribution is -1.91. The topological polar surface area (TPSA) is 3.24 Å². The van der Waals surface area contributed by atoms with Crippen LogP contribution in [0.3, 0.4) is 0 Å². The lowest BCUT2D eigenvalue weighted by atomic mass is 10.0. The Bertz CT molecular complexity index is 466. The number of aryl methyl sites for hydroxylation is 1. The van der Waals surface area contributed by atoms with Crippen LogP contribution in [0.5, 0.6) is 0 Å². The van der Waals surface area contributed by atoms with Crippen LogP contribution in [0.25, 0.3) is 10.8 Å². The lowest BCUT2D eigenvalue weighted by molar-refractivity contribution is 1.53. The van der Waals surface area contributed by atoms with Gasteiger partial charge in [-0.1, -0.05) is 30.3 Å². The Morgan fingerprint density at radius 3 is 2.21 bits per heavy atom. The first kappa shape index (κ1) is 10.5. The minimum atomic E-state index is 1.26. The van der Waals surface area contributed by atoms with Crippen LogP contribution in [-0.2, 0) is 0 Å². The van der Waals surface area contributed by atoms with Gasteiger partial charge in [-0.3, -0.25) is 1.33 Å². The Kier molecular flexibility index (Phi) is 3.16. The molecule has 2 aromatic carbocycles. The Morgan fingerprint density at radius 2 is 1.57 bits per heavy atom. The molecule has 0 aliphatic heterocycles. The molecular weight excluding hydrogens is 400 g/mol. The first-order chi connectivity index (χ1) is 6.70. The molecule has 0 aromatic heterocycles. The van der Waals surface area contributed by atoms with E-state index in [9.17, 15) is 0 Å². The zero-order valence-electron chi connectivity index (χ0n) is 7.67. The highest BCUT2D eigenvalue weighted by Gasteiger charge is 2.05. The molecule has 0 spiro atoms. The summed E-state index contributed by atoms with van der Waals surface area (Å²) in [7, 11) is 0. The standard InChI is InChI=1S/C11H9I2N/c1-8-6-7-11(14(12)13)10-5-3-2-4-9(8)10/h2-7H,1H3. The van der Waals surface area contributed by atoms with Gasteiger partial charge in [0.1, 0.15) is 0 Å². The number of anilines is 1. The van der Waals surface area contributed by atoms with Gasteiger partial charge in [0.2, 0.25) is 0 Å². The maximum atomic E-state index is 2.29. The number of nitrogens with zero attached hydrogens (tertiary/aromatic N) is 1. The van der Waals surface area contributed by atoms with Crippen molar-refractivity contribution in [3.63, 3.8) is 0 Å². The van der Waals surface area contributed by atoms with Gasteiger partial charge in [0.05, 0.1) is 51.4 Å². The van der Waals surface area contributed by atoms with Crippen molar-refractivity contribution in [2.45, 2.75) is 6.92 Å². The molecule has 0 aliphatic carbocycles. The third-order valence-corrected chi connectivity index (χ3v) is 3.34. The number of halogens is 2. The molecule has 0 saturated heterocycles. The molecule has 14 heavy (non-hydrogen) atoms. The summed E-state index contributed by atoms with van der Waals surface area (Å²) in [5.74, 6) is 0. The molecule has 2 aromatic rings. The van der Waals surface area contributed by atoms with Gasteiger partial charge in [0, 0.05) is 5.39 Å². The predicted molar refractivity (Wildman–Crippen MR) is 79.2 cm³/mol. The third-order valence-electron chi connectivity index (χ3n) is 2.30. The molecule has 0 saturated carbocycles. The molecule has 0 bridgehead atoms. The molecule has 0 heterocycles. The van der Waals surface area contributed by atoms with Gasteiger partial charge in [-0.25, -0.2) is 0 Å². The molecule has 0 N–H and O–H groups in total. The van der Waals surface area contributed by atoms with E-state index in [1.165, 1.54) is 22.0 Å². The fourth-order valence-corrected chi connectivity index (χ4v) is 2.42. The van der Waals surface area contributed by atoms with E-state index in [-0.39, 0.29) is 0 Å². The quantitative estimate of drug-likeness (QED) is 0.490. The van der Waals surface area contributed by atoms with E-state index < -0.39 is 0 Å². The van der Waals surface area contributed by atoms with Gasteiger partial charge >= 0.3 is 0 Å². The van der Waals surface area contributed by atoms with Crippen molar-refractivity contribution in [3.8, 4) is 0 Å². The third kappa shape index (κ3) is 1.84. The summed E-state index contributed by atoms with van der Waals surface area (Å²) in [6.07, 6.45) is 0. The van der Waals surface area contributed by atoms with E-state index in [1.807, 2.05) is 0 Å². The van der Waals surface area contributed by atoms with E-state index in [0.29, 0.717) is 0 Å². The van der Waals surface area contributed by atoms with Crippen molar-refractivity contribution < 1.29 is 0 Å². The number of rotatable bonds is 1. The molecule has 0 unspecified atom stereocenters. The molecule has 0 aliphatic rings. The van der Waals surface area contributed by atoms with Gasteiger partial charge in [-0.05, 0) is 23.9 Å². The van der Waals surface area contributed by atoms with Crippen molar-refractivity contribution in [1.82, 2.24) is 0 Å². The minimum absolute atomic E-state index is 1.26. The summed E-state index contributed by atoms with van der Waals surface area (Å²) >= 11 is 4.58. The monoisotopic (exact) mass is 409 g/mol. The highest BCUT2D eigenvalue weighted by molar-refractivity contribution is 14.2. The van der Waals surface area contributed by atoms with Crippen molar-refractivity contribution in [2.24, 2.45) is 0 Å². The Balaban J connectivity index is 2.82. The first-order valence-electron chi connectivity index (χ1n) is 4.30. The molecule has 0 fully saturated rings. The lowest BCUT2D eigenvalue weighted by Gasteiger charge is -2.12. The average Bonchev–Trinajstić information content (AvgIpc) is 2.18. The van der Waals surface area contributed by atoms with Crippen molar-refractivity contribution >= 4 is 62.2 Å². The summed E-state index contributed by atoms with van der Waals surface area (Å²) in [6, 6.07) is 12.8. The van der Waals surface area contributed by atoms with Crippen LogP contribution in [-0.4, -0.2) is 0 Å². The van der Waals surface area contributed by atoms with Crippen molar-refractivity contribution in [1.29, 1.82) is 0 Å². The van der Waals surface area contributed by atoms with Gasteiger partial charge in [0.15, 0.2) is 0 Å². The molecule has 0 atom stereocenters. The second kappa shape index (κ2) is 4.22. The fourth-order valence-electron chi connectivity index (χ4n) is 1.58. The fraction of sp³-hybridized carbons (Fsp3) is 0.0909. The molecule has 72 valence electrons. The second-order valence-electron chi connectivity index (χ2n) is 3.18. The highest BCUT2D eigenvalue weighted by Crippen LogP contribution is 2.32. The summed E-state index contributed by atoms with van der Waals surface area (Å²) in [5, 5.41) is 2.65. The van der Waals surface area contributed by atoms with E-state index in [4.69, 9.17) is 0 Å². The molecular formula is C11H9I2N. The smallest absolute Gasteiger partial charge is 0.0697 e. The van der Waals surface area contributed by atoms with Crippen LogP contribution < -0.4 is 1.33 Å². The normalized spacial score (nSPS) is 10.5. The number of hydrogen-bond donors (Lipinski definition) is 0. The maximum Gasteiger partial charge on any atom is 0.0697 e. The molecule has 0 radical (unpaired) electrons. The number of fused-ring (bicyclic) bond motifs is 1.